The van der Waals surface area contributed by atoms with Gasteiger partial charge >= 0.3 is 0 Å². The lowest BCUT2D eigenvalue weighted by Gasteiger charge is -2.19. The summed E-state index contributed by atoms with van der Waals surface area (Å²) in [6, 6.07) is 9.04. The van der Waals surface area contributed by atoms with Crippen LogP contribution < -0.4 is 10.6 Å². The highest BCUT2D eigenvalue weighted by Crippen LogP contribution is 2.22. The molecule has 0 fully saturated rings. The number of nitrogens with zero attached hydrogens (tertiary/aromatic N) is 1. The fourth-order valence-electron chi connectivity index (χ4n) is 2.26. The lowest BCUT2D eigenvalue weighted by atomic mass is 9.87. The number of amides is 2. The molecule has 0 saturated carbocycles. The molecule has 0 spiro atoms. The van der Waals surface area contributed by atoms with E-state index < -0.39 is 0 Å². The predicted molar refractivity (Wildman–Crippen MR) is 92.6 cm³/mol. The monoisotopic (exact) mass is 328 g/mol. The second-order valence-corrected chi connectivity index (χ2v) is 6.81. The molecule has 0 aliphatic rings. The molecule has 6 heteroatoms. The van der Waals surface area contributed by atoms with Crippen LogP contribution in [0.2, 0.25) is 0 Å². The molecule has 2 amide bonds. The largest absolute Gasteiger partial charge is 0.346 e. The molecule has 0 saturated heterocycles. The molecule has 24 heavy (non-hydrogen) atoms. The van der Waals surface area contributed by atoms with Gasteiger partial charge in [0.25, 0.3) is 5.91 Å². The third-order valence-electron chi connectivity index (χ3n) is 3.79. The van der Waals surface area contributed by atoms with E-state index in [1.165, 1.54) is 0 Å². The minimum atomic E-state index is -0.264. The Hall–Kier alpha value is -2.63. The summed E-state index contributed by atoms with van der Waals surface area (Å²) < 4.78 is 0. The third kappa shape index (κ3) is 4.68. The average molecular weight is 328 g/mol. The molecular weight excluding hydrogens is 304 g/mol. The first-order valence-electron chi connectivity index (χ1n) is 7.95. The summed E-state index contributed by atoms with van der Waals surface area (Å²) in [7, 11) is 0. The van der Waals surface area contributed by atoms with Crippen LogP contribution in [0.3, 0.4) is 0 Å². The fourth-order valence-corrected chi connectivity index (χ4v) is 2.26. The SMILES string of the molecule is CC(NC(=O)CNC(=O)c1ccc(C(C)(C)C)cc1)c1ccn[nH]1. The van der Waals surface area contributed by atoms with Gasteiger partial charge in [-0.1, -0.05) is 32.9 Å². The highest BCUT2D eigenvalue weighted by atomic mass is 16.2. The van der Waals surface area contributed by atoms with E-state index >= 15 is 0 Å². The Kier molecular flexibility index (Phi) is 5.39. The molecule has 1 aromatic carbocycles. The van der Waals surface area contributed by atoms with E-state index in [0.717, 1.165) is 11.3 Å². The van der Waals surface area contributed by atoms with Crippen molar-refractivity contribution in [3.63, 3.8) is 0 Å². The molecule has 6 nitrogen and oxygen atoms in total. The molecule has 0 aliphatic carbocycles. The zero-order valence-corrected chi connectivity index (χ0v) is 14.5. The second kappa shape index (κ2) is 7.29. The van der Waals surface area contributed by atoms with E-state index in [1.54, 1.807) is 24.4 Å². The maximum atomic E-state index is 12.1. The average Bonchev–Trinajstić information content (AvgIpc) is 3.06. The van der Waals surface area contributed by atoms with Crippen LogP contribution in [0.4, 0.5) is 0 Å². The third-order valence-corrected chi connectivity index (χ3v) is 3.79. The topological polar surface area (TPSA) is 86.9 Å². The van der Waals surface area contributed by atoms with E-state index in [1.807, 2.05) is 19.1 Å². The second-order valence-electron chi connectivity index (χ2n) is 6.81. The molecule has 2 rings (SSSR count). The molecule has 128 valence electrons. The number of hydrogen-bond acceptors (Lipinski definition) is 3. The predicted octanol–water partition coefficient (Wildman–Crippen LogP) is 2.31. The molecular formula is C18H24N4O2. The standard InChI is InChI=1S/C18H24N4O2/c1-12(15-9-10-20-22-15)21-16(23)11-19-17(24)13-5-7-14(8-6-13)18(2,3)4/h5-10,12H,11H2,1-4H3,(H,19,24)(H,20,22)(H,21,23). The molecule has 1 atom stereocenters. The van der Waals surface area contributed by atoms with Crippen molar-refractivity contribution in [1.82, 2.24) is 20.8 Å². The quantitative estimate of drug-likeness (QED) is 0.787. The highest BCUT2D eigenvalue weighted by Gasteiger charge is 2.15. The van der Waals surface area contributed by atoms with Crippen molar-refractivity contribution >= 4 is 11.8 Å². The van der Waals surface area contributed by atoms with Crippen molar-refractivity contribution in [2.24, 2.45) is 0 Å². The summed E-state index contributed by atoms with van der Waals surface area (Å²) in [6.07, 6.45) is 1.63. The van der Waals surface area contributed by atoms with Gasteiger partial charge in [-0.25, -0.2) is 0 Å². The van der Waals surface area contributed by atoms with Crippen LogP contribution in [0, 0.1) is 0 Å². The first kappa shape index (κ1) is 17.7. The van der Waals surface area contributed by atoms with Crippen LogP contribution in [0.25, 0.3) is 0 Å². The number of aromatic nitrogens is 2. The summed E-state index contributed by atoms with van der Waals surface area (Å²) in [6.45, 7) is 8.13. The number of carbonyl (C=O) groups excluding carboxylic acids is 2. The van der Waals surface area contributed by atoms with Gasteiger partial charge in [0.05, 0.1) is 18.3 Å². The summed E-state index contributed by atoms with van der Waals surface area (Å²) in [5, 5.41) is 12.1. The molecule has 0 aliphatic heterocycles. The molecule has 0 bridgehead atoms. The first-order valence-corrected chi connectivity index (χ1v) is 7.95. The van der Waals surface area contributed by atoms with Gasteiger partial charge in [-0.05, 0) is 36.1 Å². The Morgan fingerprint density at radius 1 is 1.17 bits per heavy atom. The minimum absolute atomic E-state index is 0.0394. The highest BCUT2D eigenvalue weighted by molar-refractivity contribution is 5.96. The van der Waals surface area contributed by atoms with Gasteiger partial charge in [0.15, 0.2) is 0 Å². The van der Waals surface area contributed by atoms with Crippen LogP contribution in [-0.2, 0) is 10.2 Å². The van der Waals surface area contributed by atoms with Crippen LogP contribution in [0.15, 0.2) is 36.5 Å². The number of rotatable bonds is 5. The van der Waals surface area contributed by atoms with Gasteiger partial charge in [-0.3, -0.25) is 14.7 Å². The van der Waals surface area contributed by atoms with Crippen molar-refractivity contribution in [2.75, 3.05) is 6.54 Å². The molecule has 1 aromatic heterocycles. The normalized spacial score (nSPS) is 12.5. The molecule has 3 N–H and O–H groups in total. The fraction of sp³-hybridized carbons (Fsp3) is 0.389. The molecule has 1 unspecified atom stereocenters. The van der Waals surface area contributed by atoms with Crippen LogP contribution in [0.1, 0.15) is 55.4 Å². The Morgan fingerprint density at radius 2 is 1.83 bits per heavy atom. The lowest BCUT2D eigenvalue weighted by molar-refractivity contribution is -0.120. The number of hydrogen-bond donors (Lipinski definition) is 3. The van der Waals surface area contributed by atoms with Gasteiger partial charge in [0.2, 0.25) is 5.91 Å². The molecule has 2 aromatic rings. The summed E-state index contributed by atoms with van der Waals surface area (Å²) in [5.74, 6) is -0.517. The molecule has 1 heterocycles. The first-order chi connectivity index (χ1) is 11.3. The van der Waals surface area contributed by atoms with E-state index in [9.17, 15) is 9.59 Å². The van der Waals surface area contributed by atoms with Crippen LogP contribution >= 0.6 is 0 Å². The van der Waals surface area contributed by atoms with E-state index in [2.05, 4.69) is 41.6 Å². The Morgan fingerprint density at radius 3 is 2.38 bits per heavy atom. The summed E-state index contributed by atoms with van der Waals surface area (Å²) in [4.78, 5) is 24.0. The number of carbonyl (C=O) groups is 2. The van der Waals surface area contributed by atoms with Crippen molar-refractivity contribution in [1.29, 1.82) is 0 Å². The van der Waals surface area contributed by atoms with E-state index in [-0.39, 0.29) is 29.8 Å². The zero-order chi connectivity index (χ0) is 17.7. The number of H-pyrrole nitrogens is 1. The van der Waals surface area contributed by atoms with Gasteiger partial charge in [-0.15, -0.1) is 0 Å². The summed E-state index contributed by atoms with van der Waals surface area (Å²) in [5.41, 5.74) is 2.55. The van der Waals surface area contributed by atoms with Crippen molar-refractivity contribution in [3.05, 3.63) is 53.3 Å². The smallest absolute Gasteiger partial charge is 0.251 e. The van der Waals surface area contributed by atoms with Gasteiger partial charge in [0, 0.05) is 11.8 Å². The van der Waals surface area contributed by atoms with E-state index in [4.69, 9.17) is 0 Å². The maximum absolute atomic E-state index is 12.1. The van der Waals surface area contributed by atoms with Crippen LogP contribution in [0.5, 0.6) is 0 Å². The Labute approximate surface area is 142 Å². The van der Waals surface area contributed by atoms with Crippen molar-refractivity contribution in [3.8, 4) is 0 Å². The number of aromatic amines is 1. The van der Waals surface area contributed by atoms with Gasteiger partial charge < -0.3 is 10.6 Å². The van der Waals surface area contributed by atoms with E-state index in [0.29, 0.717) is 5.56 Å². The van der Waals surface area contributed by atoms with Gasteiger partial charge in [0.1, 0.15) is 0 Å². The number of benzene rings is 1. The van der Waals surface area contributed by atoms with Crippen molar-refractivity contribution < 1.29 is 9.59 Å². The van der Waals surface area contributed by atoms with Gasteiger partial charge in [-0.2, -0.15) is 5.10 Å². The number of nitrogens with one attached hydrogen (secondary N) is 3. The Bertz CT molecular complexity index is 685. The zero-order valence-electron chi connectivity index (χ0n) is 14.5. The Balaban J connectivity index is 1.85. The minimum Gasteiger partial charge on any atom is -0.346 e. The lowest BCUT2D eigenvalue weighted by Crippen LogP contribution is -2.38. The summed E-state index contributed by atoms with van der Waals surface area (Å²) >= 11 is 0. The molecule has 0 radical (unpaired) electrons. The maximum Gasteiger partial charge on any atom is 0.251 e. The van der Waals surface area contributed by atoms with Crippen molar-refractivity contribution in [2.45, 2.75) is 39.2 Å². The van der Waals surface area contributed by atoms with Crippen LogP contribution in [-0.4, -0.2) is 28.6 Å².